The minimum atomic E-state index is -0.445. The molecule has 100 valence electrons. The maximum absolute atomic E-state index is 10.6. The number of benzene rings is 1. The summed E-state index contributed by atoms with van der Waals surface area (Å²) < 4.78 is 5.50. The van der Waals surface area contributed by atoms with Gasteiger partial charge in [-0.3, -0.25) is 15.0 Å². The Kier molecular flexibility index (Phi) is 4.31. The normalized spacial score (nSPS) is 14.1. The summed E-state index contributed by atoms with van der Waals surface area (Å²) in [6.45, 7) is 1.50. The van der Waals surface area contributed by atoms with Crippen molar-refractivity contribution in [3.63, 3.8) is 0 Å². The molecule has 1 aliphatic carbocycles. The van der Waals surface area contributed by atoms with Crippen LogP contribution in [0.5, 0.6) is 5.75 Å². The van der Waals surface area contributed by atoms with Crippen molar-refractivity contribution in [1.82, 2.24) is 4.90 Å². The highest BCUT2D eigenvalue weighted by molar-refractivity contribution is 5.37. The van der Waals surface area contributed by atoms with Crippen molar-refractivity contribution >= 4 is 5.69 Å². The molecule has 2 rings (SSSR count). The zero-order chi connectivity index (χ0) is 13.7. The van der Waals surface area contributed by atoms with E-state index in [1.807, 2.05) is 0 Å². The molecule has 6 nitrogen and oxygen atoms in total. The smallest absolute Gasteiger partial charge is 0.273 e. The van der Waals surface area contributed by atoms with Crippen LogP contribution in [0.2, 0.25) is 0 Å². The van der Waals surface area contributed by atoms with Gasteiger partial charge in [-0.1, -0.05) is 6.07 Å². The monoisotopic (exact) mass is 261 g/mol. The van der Waals surface area contributed by atoms with Crippen molar-refractivity contribution in [3.8, 4) is 11.8 Å². The summed E-state index contributed by atoms with van der Waals surface area (Å²) in [5, 5.41) is 19.3. The van der Waals surface area contributed by atoms with Crippen LogP contribution in [0.15, 0.2) is 24.3 Å². The molecule has 0 spiro atoms. The average Bonchev–Trinajstić information content (AvgIpc) is 3.22. The van der Waals surface area contributed by atoms with Gasteiger partial charge in [0, 0.05) is 18.7 Å². The number of hydrogen-bond acceptors (Lipinski definition) is 5. The van der Waals surface area contributed by atoms with E-state index in [1.54, 1.807) is 12.1 Å². The fourth-order valence-electron chi connectivity index (χ4n) is 1.89. The van der Waals surface area contributed by atoms with Crippen LogP contribution in [0, 0.1) is 21.4 Å². The van der Waals surface area contributed by atoms with Gasteiger partial charge in [-0.15, -0.1) is 0 Å². The first-order valence-electron chi connectivity index (χ1n) is 6.19. The molecule has 1 aromatic carbocycles. The molecule has 0 aromatic heterocycles. The third kappa shape index (κ3) is 3.93. The van der Waals surface area contributed by atoms with E-state index >= 15 is 0 Å². The maximum atomic E-state index is 10.6. The van der Waals surface area contributed by atoms with Crippen LogP contribution in [0.1, 0.15) is 12.8 Å². The van der Waals surface area contributed by atoms with Crippen molar-refractivity contribution in [3.05, 3.63) is 34.4 Å². The summed E-state index contributed by atoms with van der Waals surface area (Å²) in [6, 6.07) is 8.78. The molecule has 6 heteroatoms. The van der Waals surface area contributed by atoms with Crippen molar-refractivity contribution in [2.45, 2.75) is 18.9 Å². The Morgan fingerprint density at radius 1 is 1.53 bits per heavy atom. The van der Waals surface area contributed by atoms with Gasteiger partial charge in [-0.05, 0) is 18.9 Å². The average molecular weight is 261 g/mol. The minimum Gasteiger partial charge on any atom is -0.492 e. The van der Waals surface area contributed by atoms with Crippen LogP contribution in [-0.4, -0.2) is 35.6 Å². The molecule has 1 aliphatic rings. The number of nitriles is 1. The predicted molar refractivity (Wildman–Crippen MR) is 68.8 cm³/mol. The lowest BCUT2D eigenvalue weighted by Gasteiger charge is -2.18. The molecule has 0 heterocycles. The third-order valence-electron chi connectivity index (χ3n) is 3.01. The lowest BCUT2D eigenvalue weighted by atomic mass is 10.3. The highest BCUT2D eigenvalue weighted by Gasteiger charge is 2.28. The molecule has 1 aromatic rings. The number of non-ortho nitro benzene ring substituents is 1. The van der Waals surface area contributed by atoms with Crippen LogP contribution in [0.25, 0.3) is 0 Å². The highest BCUT2D eigenvalue weighted by Crippen LogP contribution is 2.26. The number of hydrogen-bond donors (Lipinski definition) is 0. The van der Waals surface area contributed by atoms with Crippen molar-refractivity contribution in [1.29, 1.82) is 5.26 Å². The van der Waals surface area contributed by atoms with Gasteiger partial charge in [0.2, 0.25) is 0 Å². The lowest BCUT2D eigenvalue weighted by Crippen LogP contribution is -2.30. The van der Waals surface area contributed by atoms with Crippen LogP contribution in [0.3, 0.4) is 0 Å². The molecule has 0 N–H and O–H groups in total. The zero-order valence-corrected chi connectivity index (χ0v) is 10.5. The quantitative estimate of drug-likeness (QED) is 0.426. The van der Waals surface area contributed by atoms with Gasteiger partial charge >= 0.3 is 0 Å². The maximum Gasteiger partial charge on any atom is 0.273 e. The largest absolute Gasteiger partial charge is 0.492 e. The van der Waals surface area contributed by atoms with Gasteiger partial charge in [0.05, 0.1) is 23.6 Å². The van der Waals surface area contributed by atoms with E-state index in [4.69, 9.17) is 10.00 Å². The van der Waals surface area contributed by atoms with Crippen molar-refractivity contribution in [2.24, 2.45) is 0 Å². The molecule has 0 saturated heterocycles. The molecule has 0 atom stereocenters. The fraction of sp³-hybridized carbons (Fsp3) is 0.462. The first-order valence-corrected chi connectivity index (χ1v) is 6.19. The Balaban J connectivity index is 1.83. The van der Waals surface area contributed by atoms with Crippen LogP contribution < -0.4 is 4.74 Å². The summed E-state index contributed by atoms with van der Waals surface area (Å²) in [6.07, 6.45) is 2.27. The number of nitro benzene ring substituents is 1. The summed E-state index contributed by atoms with van der Waals surface area (Å²) in [4.78, 5) is 12.3. The van der Waals surface area contributed by atoms with Gasteiger partial charge in [0.1, 0.15) is 12.4 Å². The summed E-state index contributed by atoms with van der Waals surface area (Å²) in [7, 11) is 0. The van der Waals surface area contributed by atoms with E-state index in [-0.39, 0.29) is 5.69 Å². The Morgan fingerprint density at radius 2 is 2.32 bits per heavy atom. The van der Waals surface area contributed by atoms with Gasteiger partial charge < -0.3 is 4.74 Å². The second-order valence-electron chi connectivity index (χ2n) is 4.46. The van der Waals surface area contributed by atoms with Crippen molar-refractivity contribution < 1.29 is 9.66 Å². The Bertz CT molecular complexity index is 494. The second kappa shape index (κ2) is 6.16. The molecule has 1 fully saturated rings. The third-order valence-corrected chi connectivity index (χ3v) is 3.01. The Labute approximate surface area is 111 Å². The molecule has 0 amide bonds. The molecular weight excluding hydrogens is 246 g/mol. The van der Waals surface area contributed by atoms with E-state index in [0.717, 1.165) is 12.8 Å². The van der Waals surface area contributed by atoms with Crippen molar-refractivity contribution in [2.75, 3.05) is 19.7 Å². The van der Waals surface area contributed by atoms with Crippen LogP contribution in [-0.2, 0) is 0 Å². The Hall–Kier alpha value is -2.13. The van der Waals surface area contributed by atoms with Gasteiger partial charge in [-0.2, -0.15) is 5.26 Å². The number of rotatable bonds is 7. The van der Waals surface area contributed by atoms with Gasteiger partial charge in [-0.25, -0.2) is 0 Å². The fourth-order valence-corrected chi connectivity index (χ4v) is 1.89. The van der Waals surface area contributed by atoms with E-state index in [9.17, 15) is 10.1 Å². The molecule has 1 saturated carbocycles. The molecule has 0 aliphatic heterocycles. The molecule has 19 heavy (non-hydrogen) atoms. The number of nitrogens with zero attached hydrogens (tertiary/aromatic N) is 3. The van der Waals surface area contributed by atoms with Crippen LogP contribution >= 0.6 is 0 Å². The lowest BCUT2D eigenvalue weighted by molar-refractivity contribution is -0.384. The molecular formula is C13H15N3O3. The highest BCUT2D eigenvalue weighted by atomic mass is 16.6. The topological polar surface area (TPSA) is 79.4 Å². The molecule has 0 unspecified atom stereocenters. The number of ether oxygens (including phenoxy) is 1. The van der Waals surface area contributed by atoms with Gasteiger partial charge in [0.15, 0.2) is 0 Å². The first-order chi connectivity index (χ1) is 9.20. The van der Waals surface area contributed by atoms with Crippen LogP contribution in [0.4, 0.5) is 5.69 Å². The van der Waals surface area contributed by atoms with E-state index < -0.39 is 4.92 Å². The number of nitro groups is 1. The SMILES string of the molecule is N#CCN(CCOc1cccc([N+](=O)[O-])c1)C1CC1. The standard InChI is InChI=1S/C13H15N3O3/c14-6-7-15(11-4-5-11)8-9-19-13-3-1-2-12(10-13)16(17)18/h1-3,10-11H,4-5,7-9H2. The van der Waals surface area contributed by atoms with E-state index in [1.165, 1.54) is 12.1 Å². The minimum absolute atomic E-state index is 0.0218. The summed E-state index contributed by atoms with van der Waals surface area (Å²) in [5.74, 6) is 0.488. The first kappa shape index (κ1) is 13.3. The van der Waals surface area contributed by atoms with E-state index in [0.29, 0.717) is 31.5 Å². The zero-order valence-electron chi connectivity index (χ0n) is 10.5. The summed E-state index contributed by atoms with van der Waals surface area (Å²) in [5.41, 5.74) is 0.0218. The van der Waals surface area contributed by atoms with Gasteiger partial charge in [0.25, 0.3) is 5.69 Å². The summed E-state index contributed by atoms with van der Waals surface area (Å²) >= 11 is 0. The molecule has 0 radical (unpaired) electrons. The molecule has 0 bridgehead atoms. The second-order valence-corrected chi connectivity index (χ2v) is 4.46. The van der Waals surface area contributed by atoms with E-state index in [2.05, 4.69) is 11.0 Å². The Morgan fingerprint density at radius 3 is 2.95 bits per heavy atom. The predicted octanol–water partition coefficient (Wildman–Crippen LogP) is 1.96.